The maximum Gasteiger partial charge on any atom is 0.243 e. The second-order valence-corrected chi connectivity index (χ2v) is 8.85. The summed E-state index contributed by atoms with van der Waals surface area (Å²) >= 11 is 3.35. The monoisotopic (exact) mass is 376 g/mol. The Hall–Kier alpha value is -0.430. The van der Waals surface area contributed by atoms with Gasteiger partial charge in [0.2, 0.25) is 10.0 Å². The minimum absolute atomic E-state index is 0.286. The third-order valence-electron chi connectivity index (χ3n) is 3.02. The van der Waals surface area contributed by atoms with Gasteiger partial charge >= 0.3 is 0 Å². The van der Waals surface area contributed by atoms with Gasteiger partial charge < -0.3 is 5.32 Å². The molecule has 1 N–H and O–H groups in total. The summed E-state index contributed by atoms with van der Waals surface area (Å²) < 4.78 is 27.3. The first-order chi connectivity index (χ1) is 9.64. The maximum absolute atomic E-state index is 12.7. The zero-order chi connectivity index (χ0) is 16.2. The zero-order valence-electron chi connectivity index (χ0n) is 13.4. The predicted molar refractivity (Wildman–Crippen MR) is 90.8 cm³/mol. The van der Waals surface area contributed by atoms with E-state index < -0.39 is 10.0 Å². The van der Waals surface area contributed by atoms with E-state index in [0.29, 0.717) is 28.5 Å². The molecule has 1 aromatic carbocycles. The van der Waals surface area contributed by atoms with Crippen molar-refractivity contribution in [1.82, 2.24) is 9.62 Å². The van der Waals surface area contributed by atoms with Crippen LogP contribution >= 0.6 is 15.9 Å². The highest BCUT2D eigenvalue weighted by atomic mass is 79.9. The second-order valence-electron chi connectivity index (χ2n) is 5.98. The second kappa shape index (κ2) is 7.72. The molecular formula is C15H25BrN2O2S. The van der Waals surface area contributed by atoms with Crippen molar-refractivity contribution in [3.63, 3.8) is 0 Å². The largest absolute Gasteiger partial charge is 0.310 e. The van der Waals surface area contributed by atoms with Crippen molar-refractivity contribution in [2.24, 2.45) is 5.92 Å². The van der Waals surface area contributed by atoms with Crippen LogP contribution in [0.5, 0.6) is 0 Å². The third kappa shape index (κ3) is 5.36. The predicted octanol–water partition coefficient (Wildman–Crippen LogP) is 3.22. The molecule has 120 valence electrons. The molecule has 0 spiro atoms. The van der Waals surface area contributed by atoms with Crippen molar-refractivity contribution in [2.45, 2.75) is 45.2 Å². The lowest BCUT2D eigenvalue weighted by molar-refractivity contribution is 0.417. The van der Waals surface area contributed by atoms with Crippen molar-refractivity contribution in [3.8, 4) is 0 Å². The molecule has 0 bridgehead atoms. The van der Waals surface area contributed by atoms with Crippen LogP contribution in [0.1, 0.15) is 33.3 Å². The summed E-state index contributed by atoms with van der Waals surface area (Å²) in [5.74, 6) is 0.286. The average molecular weight is 377 g/mol. The molecule has 0 fully saturated rings. The van der Waals surface area contributed by atoms with E-state index >= 15 is 0 Å². The van der Waals surface area contributed by atoms with Crippen molar-refractivity contribution in [2.75, 3.05) is 13.6 Å². The Morgan fingerprint density at radius 1 is 1.24 bits per heavy atom. The van der Waals surface area contributed by atoms with Gasteiger partial charge in [0.1, 0.15) is 0 Å². The smallest absolute Gasteiger partial charge is 0.243 e. The first kappa shape index (κ1) is 18.6. The van der Waals surface area contributed by atoms with Crippen LogP contribution in [0.4, 0.5) is 0 Å². The minimum Gasteiger partial charge on any atom is -0.310 e. The lowest BCUT2D eigenvalue weighted by Gasteiger charge is -2.20. The molecule has 0 aromatic heterocycles. The van der Waals surface area contributed by atoms with Crippen molar-refractivity contribution in [1.29, 1.82) is 0 Å². The summed E-state index contributed by atoms with van der Waals surface area (Å²) in [5, 5.41) is 3.30. The van der Waals surface area contributed by atoms with Crippen LogP contribution < -0.4 is 5.32 Å². The van der Waals surface area contributed by atoms with Gasteiger partial charge in [-0.2, -0.15) is 0 Å². The van der Waals surface area contributed by atoms with E-state index in [1.54, 1.807) is 19.2 Å². The van der Waals surface area contributed by atoms with Gasteiger partial charge in [-0.1, -0.05) is 33.8 Å². The molecule has 0 unspecified atom stereocenters. The fourth-order valence-electron chi connectivity index (χ4n) is 1.96. The zero-order valence-corrected chi connectivity index (χ0v) is 15.8. The van der Waals surface area contributed by atoms with Gasteiger partial charge in [-0.3, -0.25) is 0 Å². The van der Waals surface area contributed by atoms with Gasteiger partial charge in [-0.05, 0) is 39.5 Å². The van der Waals surface area contributed by atoms with E-state index in [9.17, 15) is 8.42 Å². The molecular weight excluding hydrogens is 352 g/mol. The van der Waals surface area contributed by atoms with Crippen LogP contribution in [-0.4, -0.2) is 32.4 Å². The number of hydrogen-bond donors (Lipinski definition) is 1. The van der Waals surface area contributed by atoms with E-state index in [1.165, 1.54) is 4.31 Å². The molecule has 4 nitrogen and oxygen atoms in total. The SMILES string of the molecule is CC(C)CN(C)S(=O)(=O)c1cc(CNC(C)C)ccc1Br. The van der Waals surface area contributed by atoms with Crippen molar-refractivity contribution < 1.29 is 8.42 Å². The fraction of sp³-hybridized carbons (Fsp3) is 0.600. The molecule has 0 radical (unpaired) electrons. The normalized spacial score (nSPS) is 12.6. The number of benzene rings is 1. The van der Waals surface area contributed by atoms with E-state index in [-0.39, 0.29) is 5.92 Å². The number of nitrogens with one attached hydrogen (secondary N) is 1. The first-order valence-corrected chi connectivity index (χ1v) is 9.36. The Labute approximate surface area is 137 Å². The number of rotatable bonds is 7. The third-order valence-corrected chi connectivity index (χ3v) is 5.84. The molecule has 0 atom stereocenters. The fourth-order valence-corrected chi connectivity index (χ4v) is 4.26. The van der Waals surface area contributed by atoms with E-state index in [1.807, 2.05) is 19.9 Å². The highest BCUT2D eigenvalue weighted by Crippen LogP contribution is 2.26. The molecule has 21 heavy (non-hydrogen) atoms. The van der Waals surface area contributed by atoms with Gasteiger partial charge in [-0.15, -0.1) is 0 Å². The average Bonchev–Trinajstić information content (AvgIpc) is 2.36. The molecule has 1 aromatic rings. The highest BCUT2D eigenvalue weighted by Gasteiger charge is 2.24. The Balaban J connectivity index is 3.07. The van der Waals surface area contributed by atoms with Crippen molar-refractivity contribution in [3.05, 3.63) is 28.2 Å². The van der Waals surface area contributed by atoms with E-state index in [2.05, 4.69) is 35.1 Å². The van der Waals surface area contributed by atoms with Crippen LogP contribution in [0.25, 0.3) is 0 Å². The lowest BCUT2D eigenvalue weighted by Crippen LogP contribution is -2.31. The number of hydrogen-bond acceptors (Lipinski definition) is 3. The van der Waals surface area contributed by atoms with E-state index in [0.717, 1.165) is 5.56 Å². The molecule has 0 aliphatic rings. The van der Waals surface area contributed by atoms with Gasteiger partial charge in [-0.25, -0.2) is 12.7 Å². The molecule has 0 saturated heterocycles. The first-order valence-electron chi connectivity index (χ1n) is 7.12. The van der Waals surface area contributed by atoms with Gasteiger partial charge in [0, 0.05) is 30.7 Å². The van der Waals surface area contributed by atoms with Crippen LogP contribution in [0.15, 0.2) is 27.6 Å². The summed E-state index contributed by atoms with van der Waals surface area (Å²) in [6.07, 6.45) is 0. The lowest BCUT2D eigenvalue weighted by atomic mass is 10.2. The Morgan fingerprint density at radius 2 is 1.86 bits per heavy atom. The molecule has 6 heteroatoms. The van der Waals surface area contributed by atoms with Crippen molar-refractivity contribution >= 4 is 26.0 Å². The summed E-state index contributed by atoms with van der Waals surface area (Å²) in [7, 11) is -1.84. The molecule has 0 amide bonds. The highest BCUT2D eigenvalue weighted by molar-refractivity contribution is 9.10. The number of nitrogens with zero attached hydrogens (tertiary/aromatic N) is 1. The summed E-state index contributed by atoms with van der Waals surface area (Å²) in [6, 6.07) is 5.83. The standard InChI is InChI=1S/C15H25BrN2O2S/c1-11(2)10-18(5)21(19,20)15-8-13(6-7-14(15)16)9-17-12(3)4/h6-8,11-12,17H,9-10H2,1-5H3. The molecule has 0 aliphatic heterocycles. The van der Waals surface area contributed by atoms with Crippen LogP contribution in [0.3, 0.4) is 0 Å². The Bertz CT molecular complexity index is 571. The van der Waals surface area contributed by atoms with Crippen LogP contribution in [0, 0.1) is 5.92 Å². The van der Waals surface area contributed by atoms with Gasteiger partial charge in [0.05, 0.1) is 4.90 Å². The van der Waals surface area contributed by atoms with Crippen LogP contribution in [0.2, 0.25) is 0 Å². The van der Waals surface area contributed by atoms with Crippen LogP contribution in [-0.2, 0) is 16.6 Å². The Morgan fingerprint density at radius 3 is 2.38 bits per heavy atom. The molecule has 0 aliphatic carbocycles. The molecule has 0 heterocycles. The Kier molecular flexibility index (Phi) is 6.84. The number of halogens is 1. The van der Waals surface area contributed by atoms with Gasteiger partial charge in [0.25, 0.3) is 0 Å². The summed E-state index contributed by atoms with van der Waals surface area (Å²) in [4.78, 5) is 0.328. The topological polar surface area (TPSA) is 49.4 Å². The maximum atomic E-state index is 12.7. The van der Waals surface area contributed by atoms with E-state index in [4.69, 9.17) is 0 Å². The number of sulfonamides is 1. The quantitative estimate of drug-likeness (QED) is 0.794. The minimum atomic E-state index is -3.47. The summed E-state index contributed by atoms with van der Waals surface area (Å²) in [5.41, 5.74) is 0.962. The summed E-state index contributed by atoms with van der Waals surface area (Å²) in [6.45, 7) is 9.29. The molecule has 0 saturated carbocycles. The molecule has 1 rings (SSSR count). The van der Waals surface area contributed by atoms with Gasteiger partial charge in [0.15, 0.2) is 0 Å².